The molecule has 1 heterocycles. The molecule has 0 atom stereocenters. The predicted octanol–water partition coefficient (Wildman–Crippen LogP) is 4.29. The Morgan fingerprint density at radius 1 is 1.40 bits per heavy atom. The van der Waals surface area contributed by atoms with Crippen molar-refractivity contribution in [3.8, 4) is 11.5 Å². The van der Waals surface area contributed by atoms with E-state index in [4.69, 9.17) is 21.1 Å². The minimum Gasteiger partial charge on any atom is -0.497 e. The summed E-state index contributed by atoms with van der Waals surface area (Å²) in [7, 11) is 1.56. The normalized spacial score (nSPS) is 10.4. The molecule has 1 amide bonds. The van der Waals surface area contributed by atoms with Gasteiger partial charge in [0.15, 0.2) is 10.9 Å². The number of unbranched alkanes of at least 4 members (excludes halogenated alkanes) is 1. The van der Waals surface area contributed by atoms with Crippen LogP contribution in [-0.4, -0.2) is 35.8 Å². The molecule has 1 aromatic carbocycles. The fourth-order valence-corrected chi connectivity index (χ4v) is 2.49. The highest BCUT2D eigenvalue weighted by Gasteiger charge is 2.17. The summed E-state index contributed by atoms with van der Waals surface area (Å²) in [4.78, 5) is 20.8. The van der Waals surface area contributed by atoms with Gasteiger partial charge in [0.1, 0.15) is 11.5 Å². The molecule has 134 valence electrons. The molecule has 0 aliphatic rings. The van der Waals surface area contributed by atoms with Crippen molar-refractivity contribution >= 4 is 35.0 Å². The number of carbonyl (C=O) groups excluding carboxylic acids is 1. The lowest BCUT2D eigenvalue weighted by Crippen LogP contribution is -2.16. The first-order chi connectivity index (χ1) is 12.1. The van der Waals surface area contributed by atoms with E-state index in [1.54, 1.807) is 25.3 Å². The van der Waals surface area contributed by atoms with E-state index in [0.717, 1.165) is 12.8 Å². The molecule has 8 heteroatoms. The van der Waals surface area contributed by atoms with Crippen LogP contribution < -0.4 is 14.8 Å². The summed E-state index contributed by atoms with van der Waals surface area (Å²) in [5, 5.41) is 3.45. The lowest BCUT2D eigenvalue weighted by molar-refractivity contribution is 0.102. The second kappa shape index (κ2) is 9.48. The van der Waals surface area contributed by atoms with Crippen molar-refractivity contribution in [3.05, 3.63) is 35.1 Å². The molecule has 0 aliphatic heterocycles. The third kappa shape index (κ3) is 5.24. The number of aromatic nitrogens is 2. The zero-order chi connectivity index (χ0) is 18.2. The lowest BCUT2D eigenvalue weighted by Gasteiger charge is -2.14. The van der Waals surface area contributed by atoms with E-state index in [1.807, 2.05) is 6.26 Å². The molecule has 6 nitrogen and oxygen atoms in total. The topological polar surface area (TPSA) is 73.3 Å². The monoisotopic (exact) mass is 381 g/mol. The molecule has 2 rings (SSSR count). The van der Waals surface area contributed by atoms with Gasteiger partial charge in [-0.15, -0.1) is 0 Å². The first-order valence-electron chi connectivity index (χ1n) is 7.77. The fourth-order valence-electron chi connectivity index (χ4n) is 1.98. The van der Waals surface area contributed by atoms with E-state index in [9.17, 15) is 4.79 Å². The number of hydrogen-bond acceptors (Lipinski definition) is 6. The van der Waals surface area contributed by atoms with Crippen molar-refractivity contribution in [1.29, 1.82) is 0 Å². The third-order valence-corrected chi connectivity index (χ3v) is 4.15. The Morgan fingerprint density at radius 3 is 2.88 bits per heavy atom. The van der Waals surface area contributed by atoms with Gasteiger partial charge in [0, 0.05) is 6.07 Å². The molecule has 1 aromatic heterocycles. The molecule has 0 fully saturated rings. The number of amides is 1. The number of thioether (sulfide) groups is 1. The Morgan fingerprint density at radius 2 is 2.20 bits per heavy atom. The Hall–Kier alpha value is -1.99. The summed E-state index contributed by atoms with van der Waals surface area (Å²) < 4.78 is 11.0. The summed E-state index contributed by atoms with van der Waals surface area (Å²) in [5.74, 6) is 0.742. The zero-order valence-corrected chi connectivity index (χ0v) is 15.9. The number of carbonyl (C=O) groups is 1. The maximum atomic E-state index is 12.6. The largest absolute Gasteiger partial charge is 0.497 e. The van der Waals surface area contributed by atoms with Crippen LogP contribution >= 0.6 is 23.4 Å². The number of ether oxygens (including phenoxy) is 2. The second-order valence-electron chi connectivity index (χ2n) is 5.07. The molecule has 0 saturated carbocycles. The van der Waals surface area contributed by atoms with Crippen LogP contribution in [0.5, 0.6) is 11.5 Å². The highest BCUT2D eigenvalue weighted by Crippen LogP contribution is 2.30. The molecule has 0 unspecified atom stereocenters. The number of hydrogen-bond donors (Lipinski definition) is 1. The van der Waals surface area contributed by atoms with Crippen LogP contribution in [0.2, 0.25) is 5.02 Å². The minimum absolute atomic E-state index is 0.114. The zero-order valence-electron chi connectivity index (χ0n) is 14.3. The number of halogens is 1. The van der Waals surface area contributed by atoms with Gasteiger partial charge in [-0.1, -0.05) is 36.7 Å². The van der Waals surface area contributed by atoms with Crippen LogP contribution in [0, 0.1) is 0 Å². The highest BCUT2D eigenvalue weighted by molar-refractivity contribution is 7.98. The molecule has 0 bridgehead atoms. The number of methoxy groups -OCH3 is 1. The van der Waals surface area contributed by atoms with Crippen LogP contribution in [0.25, 0.3) is 0 Å². The van der Waals surface area contributed by atoms with Crippen molar-refractivity contribution in [2.75, 3.05) is 25.3 Å². The van der Waals surface area contributed by atoms with Crippen LogP contribution in [0.1, 0.15) is 30.3 Å². The maximum Gasteiger partial charge on any atom is 0.276 e. The number of anilines is 1. The van der Waals surface area contributed by atoms with Crippen molar-refractivity contribution in [1.82, 2.24) is 9.97 Å². The van der Waals surface area contributed by atoms with Crippen molar-refractivity contribution in [3.63, 3.8) is 0 Å². The van der Waals surface area contributed by atoms with E-state index in [-0.39, 0.29) is 10.7 Å². The molecule has 0 spiro atoms. The van der Waals surface area contributed by atoms with Crippen molar-refractivity contribution < 1.29 is 14.3 Å². The maximum absolute atomic E-state index is 12.6. The third-order valence-electron chi connectivity index (χ3n) is 3.31. The smallest absolute Gasteiger partial charge is 0.276 e. The number of nitrogens with one attached hydrogen (secondary N) is 1. The van der Waals surface area contributed by atoms with E-state index in [1.165, 1.54) is 18.0 Å². The van der Waals surface area contributed by atoms with Gasteiger partial charge >= 0.3 is 0 Å². The van der Waals surface area contributed by atoms with Gasteiger partial charge < -0.3 is 14.8 Å². The number of rotatable bonds is 8. The van der Waals surface area contributed by atoms with E-state index < -0.39 is 5.91 Å². The predicted molar refractivity (Wildman–Crippen MR) is 100 cm³/mol. The van der Waals surface area contributed by atoms with Gasteiger partial charge in [-0.3, -0.25) is 4.79 Å². The van der Waals surface area contributed by atoms with E-state index in [0.29, 0.717) is 28.9 Å². The lowest BCUT2D eigenvalue weighted by atomic mass is 10.2. The number of nitrogens with zero attached hydrogens (tertiary/aromatic N) is 2. The Kier molecular flexibility index (Phi) is 7.33. The average molecular weight is 382 g/mol. The van der Waals surface area contributed by atoms with E-state index >= 15 is 0 Å². The Labute approximate surface area is 156 Å². The SMILES string of the molecule is CCCCOc1ccc(OC)cc1NC(=O)c1nc(SC)ncc1Cl. The van der Waals surface area contributed by atoms with Crippen LogP contribution in [0.15, 0.2) is 29.6 Å². The summed E-state index contributed by atoms with van der Waals surface area (Å²) in [6.07, 6.45) is 5.19. The molecule has 1 N–H and O–H groups in total. The first kappa shape index (κ1) is 19.3. The molecule has 0 saturated heterocycles. The first-order valence-corrected chi connectivity index (χ1v) is 9.38. The van der Waals surface area contributed by atoms with Crippen LogP contribution in [0.4, 0.5) is 5.69 Å². The molecule has 0 aliphatic carbocycles. The van der Waals surface area contributed by atoms with Crippen molar-refractivity contribution in [2.24, 2.45) is 0 Å². The van der Waals surface area contributed by atoms with Crippen LogP contribution in [-0.2, 0) is 0 Å². The minimum atomic E-state index is -0.434. The Balaban J connectivity index is 2.26. The quantitative estimate of drug-likeness (QED) is 0.417. The van der Waals surface area contributed by atoms with Gasteiger partial charge in [0.05, 0.1) is 30.6 Å². The average Bonchev–Trinajstić information content (AvgIpc) is 2.63. The summed E-state index contributed by atoms with van der Waals surface area (Å²) in [5.41, 5.74) is 0.615. The molecule has 2 aromatic rings. The molecule has 0 radical (unpaired) electrons. The standard InChI is InChI=1S/C17H20ClN3O3S/c1-4-5-8-24-14-7-6-11(23-2)9-13(14)20-16(22)15-12(18)10-19-17(21-15)25-3/h6-7,9-10H,4-5,8H2,1-3H3,(H,20,22). The van der Waals surface area contributed by atoms with Gasteiger partial charge in [-0.25, -0.2) is 9.97 Å². The summed E-state index contributed by atoms with van der Waals surface area (Å²) in [6.45, 7) is 2.65. The molecular formula is C17H20ClN3O3S. The van der Waals surface area contributed by atoms with Crippen molar-refractivity contribution in [2.45, 2.75) is 24.9 Å². The van der Waals surface area contributed by atoms with Crippen LogP contribution in [0.3, 0.4) is 0 Å². The number of benzene rings is 1. The summed E-state index contributed by atoms with van der Waals surface area (Å²) in [6, 6.07) is 5.24. The van der Waals surface area contributed by atoms with Gasteiger partial charge in [0.25, 0.3) is 5.91 Å². The van der Waals surface area contributed by atoms with E-state index in [2.05, 4.69) is 22.2 Å². The Bertz CT molecular complexity index is 743. The fraction of sp³-hybridized carbons (Fsp3) is 0.353. The highest BCUT2D eigenvalue weighted by atomic mass is 35.5. The van der Waals surface area contributed by atoms with Gasteiger partial charge in [0.2, 0.25) is 0 Å². The molecule has 25 heavy (non-hydrogen) atoms. The van der Waals surface area contributed by atoms with Gasteiger partial charge in [-0.05, 0) is 24.8 Å². The molecular weight excluding hydrogens is 362 g/mol. The van der Waals surface area contributed by atoms with Gasteiger partial charge in [-0.2, -0.15) is 0 Å². The second-order valence-corrected chi connectivity index (χ2v) is 6.25. The summed E-state index contributed by atoms with van der Waals surface area (Å²) >= 11 is 7.40.